The van der Waals surface area contributed by atoms with E-state index in [9.17, 15) is 0 Å². The Morgan fingerprint density at radius 1 is 1.55 bits per heavy atom. The van der Waals surface area contributed by atoms with Crippen LogP contribution in [0.1, 0.15) is 13.8 Å². The fourth-order valence-electron chi connectivity index (χ4n) is 0.984. The molecule has 6 nitrogen and oxygen atoms in total. The summed E-state index contributed by atoms with van der Waals surface area (Å²) in [5, 5.41) is 16.3. The monoisotopic (exact) mass is 320 g/mol. The minimum absolute atomic E-state index is 0.0356. The third-order valence-corrected chi connectivity index (χ3v) is 3.10. The number of aliphatic imine (C=N–C) groups is 1. The summed E-state index contributed by atoms with van der Waals surface area (Å²) < 4.78 is 0. The van der Waals surface area contributed by atoms with Crippen molar-refractivity contribution in [3.05, 3.63) is 21.7 Å². The quantitative estimate of drug-likeness (QED) is 0.113. The second kappa shape index (κ2) is 16.1. The fourth-order valence-corrected chi connectivity index (χ4v) is 2.03. The standard InChI is InChI=1S/C10H20N4OS2.C2H4O/c1-8(12-2)10(17-6-11)9(5-16)14-7-13-3-4-15;1-2-3/h5,7,12,15-16H,3-4,6,11H2,1-2H3,(H,13,14);2H,1H3/b9-5-,10-8-;. The molecule has 0 amide bonds. The summed E-state index contributed by atoms with van der Waals surface area (Å²) in [7, 11) is 1.85. The number of hydrogen-bond donors (Lipinski definition) is 5. The van der Waals surface area contributed by atoms with Gasteiger partial charge in [-0.1, -0.05) is 0 Å². The van der Waals surface area contributed by atoms with Gasteiger partial charge in [0.1, 0.15) is 6.29 Å². The van der Waals surface area contributed by atoms with Gasteiger partial charge in [-0.15, -0.1) is 24.4 Å². The molecule has 0 aromatic heterocycles. The molecule has 0 spiro atoms. The molecule has 116 valence electrons. The Balaban J connectivity index is 0. The smallest absolute Gasteiger partial charge is 0.116 e. The molecule has 20 heavy (non-hydrogen) atoms. The highest BCUT2D eigenvalue weighted by atomic mass is 32.2. The number of aliphatic hydroxyl groups is 1. The molecule has 0 radical (unpaired) electrons. The zero-order chi connectivity index (χ0) is 15.8. The topological polar surface area (TPSA) is 99.7 Å². The van der Waals surface area contributed by atoms with Crippen molar-refractivity contribution in [2.24, 2.45) is 10.7 Å². The average Bonchev–Trinajstić information content (AvgIpc) is 2.46. The van der Waals surface area contributed by atoms with Crippen molar-refractivity contribution in [3.8, 4) is 0 Å². The van der Waals surface area contributed by atoms with Gasteiger partial charge in [0.25, 0.3) is 0 Å². The van der Waals surface area contributed by atoms with Crippen LogP contribution in [0.5, 0.6) is 0 Å². The van der Waals surface area contributed by atoms with Crippen molar-refractivity contribution in [1.29, 1.82) is 0 Å². The van der Waals surface area contributed by atoms with Crippen molar-refractivity contribution < 1.29 is 9.90 Å². The lowest BCUT2D eigenvalue weighted by atomic mass is 10.3. The first-order chi connectivity index (χ1) is 9.62. The first-order valence-corrected chi connectivity index (χ1v) is 7.44. The van der Waals surface area contributed by atoms with Crippen LogP contribution in [0.15, 0.2) is 26.7 Å². The molecule has 5 N–H and O–H groups in total. The summed E-state index contributed by atoms with van der Waals surface area (Å²) in [5.41, 5.74) is 7.37. The molecule has 0 unspecified atom stereocenters. The van der Waals surface area contributed by atoms with Crippen LogP contribution in [-0.4, -0.2) is 43.8 Å². The van der Waals surface area contributed by atoms with E-state index in [1.54, 1.807) is 5.41 Å². The maximum Gasteiger partial charge on any atom is 0.116 e. The molecule has 8 heteroatoms. The summed E-state index contributed by atoms with van der Waals surface area (Å²) in [6, 6.07) is 0. The molecular formula is C12H24N4O2S2. The number of nitrogens with one attached hydrogen (secondary N) is 2. The van der Waals surface area contributed by atoms with Crippen molar-refractivity contribution in [1.82, 2.24) is 10.6 Å². The highest BCUT2D eigenvalue weighted by Crippen LogP contribution is 2.23. The van der Waals surface area contributed by atoms with Gasteiger partial charge in [0, 0.05) is 18.6 Å². The molecule has 0 saturated carbocycles. The second-order valence-electron chi connectivity index (χ2n) is 3.20. The Kier molecular flexibility index (Phi) is 17.2. The zero-order valence-corrected chi connectivity index (χ0v) is 13.8. The van der Waals surface area contributed by atoms with Gasteiger partial charge >= 0.3 is 0 Å². The van der Waals surface area contributed by atoms with Crippen LogP contribution in [0.3, 0.4) is 0 Å². The van der Waals surface area contributed by atoms with Gasteiger partial charge in [-0.25, -0.2) is 0 Å². The van der Waals surface area contributed by atoms with Crippen LogP contribution in [0.25, 0.3) is 0 Å². The third-order valence-electron chi connectivity index (χ3n) is 1.86. The van der Waals surface area contributed by atoms with E-state index in [0.29, 0.717) is 12.4 Å². The van der Waals surface area contributed by atoms with Gasteiger partial charge in [-0.2, -0.15) is 0 Å². The Morgan fingerprint density at radius 3 is 2.55 bits per heavy atom. The van der Waals surface area contributed by atoms with Gasteiger partial charge in [-0.05, 0) is 19.3 Å². The van der Waals surface area contributed by atoms with Crippen LogP contribution in [-0.2, 0) is 4.79 Å². The van der Waals surface area contributed by atoms with Crippen LogP contribution in [0, 0.1) is 0 Å². The lowest BCUT2D eigenvalue weighted by molar-refractivity contribution is -0.106. The van der Waals surface area contributed by atoms with Crippen LogP contribution < -0.4 is 16.4 Å². The molecule has 0 heterocycles. The van der Waals surface area contributed by atoms with Gasteiger partial charge in [0.15, 0.2) is 0 Å². The van der Waals surface area contributed by atoms with E-state index >= 15 is 0 Å². The third kappa shape index (κ3) is 10.9. The number of aldehydes is 1. The molecular weight excluding hydrogens is 296 g/mol. The largest absolute Gasteiger partial charge is 0.394 e. The number of rotatable bonds is 8. The minimum Gasteiger partial charge on any atom is -0.394 e. The SMILES string of the molecule is CC=O.CN/C(C)=C(SCN)/C(=C/S)NC=NCCO. The second-order valence-corrected chi connectivity index (χ2v) is 4.49. The van der Waals surface area contributed by atoms with Crippen LogP contribution in [0.2, 0.25) is 0 Å². The molecule has 0 aromatic rings. The van der Waals surface area contributed by atoms with Crippen molar-refractivity contribution >= 4 is 37.0 Å². The molecule has 0 saturated heterocycles. The lowest BCUT2D eigenvalue weighted by Crippen LogP contribution is -2.16. The molecule has 0 atom stereocenters. The van der Waals surface area contributed by atoms with Gasteiger partial charge in [-0.3, -0.25) is 4.99 Å². The molecule has 0 bridgehead atoms. The molecule has 0 aromatic carbocycles. The summed E-state index contributed by atoms with van der Waals surface area (Å²) in [6.45, 7) is 3.82. The van der Waals surface area contributed by atoms with E-state index in [1.807, 2.05) is 14.0 Å². The average molecular weight is 320 g/mol. The first-order valence-electron chi connectivity index (χ1n) is 5.94. The summed E-state index contributed by atoms with van der Waals surface area (Å²) in [6.07, 6.45) is 2.29. The van der Waals surface area contributed by atoms with E-state index in [0.717, 1.165) is 22.6 Å². The molecule has 0 aliphatic carbocycles. The van der Waals surface area contributed by atoms with Crippen LogP contribution >= 0.6 is 24.4 Å². The zero-order valence-electron chi connectivity index (χ0n) is 12.1. The predicted octanol–water partition coefficient (Wildman–Crippen LogP) is 0.673. The van der Waals surface area contributed by atoms with Gasteiger partial charge in [0.2, 0.25) is 0 Å². The maximum absolute atomic E-state index is 8.81. The summed E-state index contributed by atoms with van der Waals surface area (Å²) in [4.78, 5) is 13.8. The number of thiol groups is 1. The number of aliphatic hydroxyl groups excluding tert-OH is 1. The first kappa shape index (κ1) is 21.3. The maximum atomic E-state index is 8.81. The van der Waals surface area contributed by atoms with Gasteiger partial charge in [0.05, 0.1) is 30.1 Å². The van der Waals surface area contributed by atoms with E-state index in [-0.39, 0.29) is 6.61 Å². The van der Waals surface area contributed by atoms with Crippen molar-refractivity contribution in [3.63, 3.8) is 0 Å². The summed E-state index contributed by atoms with van der Waals surface area (Å²) in [5.74, 6) is 0.481. The number of thioether (sulfide) groups is 1. The Labute approximate surface area is 130 Å². The van der Waals surface area contributed by atoms with Crippen molar-refractivity contribution in [2.75, 3.05) is 26.1 Å². The Morgan fingerprint density at radius 2 is 2.15 bits per heavy atom. The Hall–Kier alpha value is -0.960. The number of allylic oxidation sites excluding steroid dienone is 1. The van der Waals surface area contributed by atoms with E-state index in [1.165, 1.54) is 25.0 Å². The number of nitrogens with two attached hydrogens (primary N) is 1. The number of carbonyl (C=O) groups is 1. The minimum atomic E-state index is 0.0356. The predicted molar refractivity (Wildman–Crippen MR) is 90.8 cm³/mol. The normalized spacial score (nSPS) is 12.4. The van der Waals surface area contributed by atoms with Crippen molar-refractivity contribution in [2.45, 2.75) is 13.8 Å². The highest BCUT2D eigenvalue weighted by molar-refractivity contribution is 8.03. The highest BCUT2D eigenvalue weighted by Gasteiger charge is 2.07. The lowest BCUT2D eigenvalue weighted by Gasteiger charge is -2.13. The molecule has 0 fully saturated rings. The number of nitrogens with zero attached hydrogens (tertiary/aromatic N) is 1. The Bertz CT molecular complexity index is 344. The van der Waals surface area contributed by atoms with Crippen LogP contribution in [0.4, 0.5) is 0 Å². The number of hydrogen-bond acceptors (Lipinski definition) is 7. The summed E-state index contributed by atoms with van der Waals surface area (Å²) >= 11 is 5.66. The fraction of sp³-hybridized carbons (Fsp3) is 0.500. The number of carbonyl (C=O) groups excluding carboxylic acids is 1. The molecule has 0 rings (SSSR count). The van der Waals surface area contributed by atoms with Gasteiger partial charge < -0.3 is 26.3 Å². The molecule has 0 aliphatic heterocycles. The van der Waals surface area contributed by atoms with E-state index in [2.05, 4.69) is 28.3 Å². The molecule has 0 aliphatic rings. The van der Waals surface area contributed by atoms with E-state index in [4.69, 9.17) is 15.6 Å². The van der Waals surface area contributed by atoms with E-state index < -0.39 is 0 Å².